The maximum Gasteiger partial charge on any atom is 0.160 e. The molecule has 0 spiro atoms. The number of ether oxygens (including phenoxy) is 1. The Balaban J connectivity index is 1.96. The van der Waals surface area contributed by atoms with Gasteiger partial charge in [-0.25, -0.2) is 8.78 Å². The maximum absolute atomic E-state index is 13.3. The van der Waals surface area contributed by atoms with Crippen LogP contribution in [0.5, 0.6) is 5.75 Å². The van der Waals surface area contributed by atoms with Crippen molar-refractivity contribution in [1.29, 1.82) is 5.26 Å². The van der Waals surface area contributed by atoms with Gasteiger partial charge in [0.05, 0.1) is 18.2 Å². The third-order valence-corrected chi connectivity index (χ3v) is 3.24. The topological polar surface area (TPSA) is 36.3 Å². The third-order valence-electron chi connectivity index (χ3n) is 3.24. The van der Waals surface area contributed by atoms with Crippen LogP contribution in [0.25, 0.3) is 0 Å². The Morgan fingerprint density at radius 1 is 1.14 bits per heavy atom. The van der Waals surface area contributed by atoms with Crippen LogP contribution in [0, 0.1) is 23.0 Å². The molecule has 2 aromatic rings. The SMILES string of the molecule is CCN(CCOc1cccc(C#N)c1)c1ccc(F)c(F)c1. The fourth-order valence-corrected chi connectivity index (χ4v) is 2.08. The van der Waals surface area contributed by atoms with E-state index in [1.807, 2.05) is 17.9 Å². The van der Waals surface area contributed by atoms with Gasteiger partial charge in [0.25, 0.3) is 0 Å². The second-order valence-corrected chi connectivity index (χ2v) is 4.67. The van der Waals surface area contributed by atoms with E-state index in [1.165, 1.54) is 12.1 Å². The predicted octanol–water partition coefficient (Wildman–Crippen LogP) is 3.74. The van der Waals surface area contributed by atoms with Crippen molar-refractivity contribution in [2.24, 2.45) is 0 Å². The van der Waals surface area contributed by atoms with Gasteiger partial charge in [0, 0.05) is 18.3 Å². The van der Waals surface area contributed by atoms with Crippen molar-refractivity contribution in [2.45, 2.75) is 6.92 Å². The highest BCUT2D eigenvalue weighted by molar-refractivity contribution is 5.46. The lowest BCUT2D eigenvalue weighted by molar-refractivity contribution is 0.324. The molecule has 0 amide bonds. The number of benzene rings is 2. The van der Waals surface area contributed by atoms with Crippen LogP contribution in [0.3, 0.4) is 0 Å². The van der Waals surface area contributed by atoms with Crippen molar-refractivity contribution in [3.63, 3.8) is 0 Å². The molecule has 0 aliphatic rings. The van der Waals surface area contributed by atoms with Gasteiger partial charge in [0.2, 0.25) is 0 Å². The van der Waals surface area contributed by atoms with Crippen LogP contribution in [0.15, 0.2) is 42.5 Å². The summed E-state index contributed by atoms with van der Waals surface area (Å²) in [5.74, 6) is -1.11. The van der Waals surface area contributed by atoms with Gasteiger partial charge in [0.1, 0.15) is 12.4 Å². The van der Waals surface area contributed by atoms with Crippen molar-refractivity contribution >= 4 is 5.69 Å². The molecule has 0 N–H and O–H groups in total. The molecular formula is C17H16F2N2O. The molecule has 0 saturated carbocycles. The van der Waals surface area contributed by atoms with E-state index >= 15 is 0 Å². The standard InChI is InChI=1S/C17H16F2N2O/c1-2-21(14-6-7-16(18)17(19)11-14)8-9-22-15-5-3-4-13(10-15)12-20/h3-7,10-11H,2,8-9H2,1H3. The van der Waals surface area contributed by atoms with Gasteiger partial charge in [-0.15, -0.1) is 0 Å². The van der Waals surface area contributed by atoms with Crippen LogP contribution in [0.4, 0.5) is 14.5 Å². The first-order valence-corrected chi connectivity index (χ1v) is 6.97. The molecule has 0 saturated heterocycles. The van der Waals surface area contributed by atoms with Gasteiger partial charge in [-0.05, 0) is 37.3 Å². The van der Waals surface area contributed by atoms with E-state index in [2.05, 4.69) is 0 Å². The average molecular weight is 302 g/mol. The monoisotopic (exact) mass is 302 g/mol. The zero-order chi connectivity index (χ0) is 15.9. The maximum atomic E-state index is 13.3. The van der Waals surface area contributed by atoms with Gasteiger partial charge in [-0.1, -0.05) is 6.07 Å². The Bertz CT molecular complexity index is 683. The number of likely N-dealkylation sites (N-methyl/N-ethyl adjacent to an activating group) is 1. The van der Waals surface area contributed by atoms with E-state index in [9.17, 15) is 8.78 Å². The lowest BCUT2D eigenvalue weighted by Crippen LogP contribution is -2.28. The van der Waals surface area contributed by atoms with Gasteiger partial charge < -0.3 is 9.64 Å². The molecule has 0 unspecified atom stereocenters. The molecule has 0 bridgehead atoms. The van der Waals surface area contributed by atoms with Crippen LogP contribution < -0.4 is 9.64 Å². The smallest absolute Gasteiger partial charge is 0.160 e. The first-order valence-electron chi connectivity index (χ1n) is 6.97. The van der Waals surface area contributed by atoms with E-state index < -0.39 is 11.6 Å². The van der Waals surface area contributed by atoms with Gasteiger partial charge in [-0.2, -0.15) is 5.26 Å². The fourth-order valence-electron chi connectivity index (χ4n) is 2.08. The first-order chi connectivity index (χ1) is 10.6. The molecule has 22 heavy (non-hydrogen) atoms. The highest BCUT2D eigenvalue weighted by Crippen LogP contribution is 2.18. The Labute approximate surface area is 128 Å². The summed E-state index contributed by atoms with van der Waals surface area (Å²) < 4.78 is 31.8. The Morgan fingerprint density at radius 2 is 1.95 bits per heavy atom. The molecule has 0 aliphatic heterocycles. The zero-order valence-electron chi connectivity index (χ0n) is 12.2. The molecule has 3 nitrogen and oxygen atoms in total. The quantitative estimate of drug-likeness (QED) is 0.815. The minimum atomic E-state index is -0.862. The van der Waals surface area contributed by atoms with E-state index in [4.69, 9.17) is 10.00 Å². The van der Waals surface area contributed by atoms with Crippen LogP contribution in [-0.2, 0) is 0 Å². The molecule has 5 heteroatoms. The van der Waals surface area contributed by atoms with Crippen molar-refractivity contribution in [1.82, 2.24) is 0 Å². The average Bonchev–Trinajstić information content (AvgIpc) is 2.54. The first kappa shape index (κ1) is 15.8. The predicted molar refractivity (Wildman–Crippen MR) is 80.9 cm³/mol. The molecule has 0 fully saturated rings. The van der Waals surface area contributed by atoms with Crippen LogP contribution in [0.2, 0.25) is 0 Å². The lowest BCUT2D eigenvalue weighted by atomic mass is 10.2. The molecule has 0 heterocycles. The van der Waals surface area contributed by atoms with Gasteiger partial charge in [-0.3, -0.25) is 0 Å². The highest BCUT2D eigenvalue weighted by Gasteiger charge is 2.08. The molecule has 2 rings (SSSR count). The minimum absolute atomic E-state index is 0.377. The van der Waals surface area contributed by atoms with Crippen LogP contribution in [0.1, 0.15) is 12.5 Å². The van der Waals surface area contributed by atoms with Crippen LogP contribution in [-0.4, -0.2) is 19.7 Å². The van der Waals surface area contributed by atoms with E-state index in [1.54, 1.807) is 24.3 Å². The normalized spacial score (nSPS) is 10.1. The van der Waals surface area contributed by atoms with Crippen molar-refractivity contribution in [3.8, 4) is 11.8 Å². The fraction of sp³-hybridized carbons (Fsp3) is 0.235. The Kier molecular flexibility index (Phi) is 5.31. The third kappa shape index (κ3) is 3.95. The molecule has 0 aliphatic carbocycles. The van der Waals surface area contributed by atoms with Crippen molar-refractivity contribution in [3.05, 3.63) is 59.7 Å². The molecule has 0 aromatic heterocycles. The lowest BCUT2D eigenvalue weighted by Gasteiger charge is -2.23. The minimum Gasteiger partial charge on any atom is -0.492 e. The number of hydrogen-bond donors (Lipinski definition) is 0. The Morgan fingerprint density at radius 3 is 2.64 bits per heavy atom. The number of halogens is 2. The summed E-state index contributed by atoms with van der Waals surface area (Å²) in [5.41, 5.74) is 1.14. The summed E-state index contributed by atoms with van der Waals surface area (Å²) in [5, 5.41) is 8.83. The summed E-state index contributed by atoms with van der Waals surface area (Å²) >= 11 is 0. The second kappa shape index (κ2) is 7.41. The van der Waals surface area contributed by atoms with Gasteiger partial charge in [0.15, 0.2) is 11.6 Å². The van der Waals surface area contributed by atoms with E-state index in [0.29, 0.717) is 36.7 Å². The number of nitrogens with zero attached hydrogens (tertiary/aromatic N) is 2. The highest BCUT2D eigenvalue weighted by atomic mass is 19.2. The van der Waals surface area contributed by atoms with Gasteiger partial charge >= 0.3 is 0 Å². The summed E-state index contributed by atoms with van der Waals surface area (Å²) in [6.45, 7) is 3.48. The summed E-state index contributed by atoms with van der Waals surface area (Å²) in [4.78, 5) is 1.89. The van der Waals surface area contributed by atoms with E-state index in [-0.39, 0.29) is 0 Å². The molecule has 0 atom stereocenters. The number of nitriles is 1. The number of hydrogen-bond acceptors (Lipinski definition) is 3. The number of rotatable bonds is 6. The summed E-state index contributed by atoms with van der Waals surface area (Å²) in [7, 11) is 0. The summed E-state index contributed by atoms with van der Waals surface area (Å²) in [6, 6.07) is 12.8. The molecule has 114 valence electrons. The molecule has 2 aromatic carbocycles. The Hall–Kier alpha value is -2.61. The summed E-state index contributed by atoms with van der Waals surface area (Å²) in [6.07, 6.45) is 0. The van der Waals surface area contributed by atoms with E-state index in [0.717, 1.165) is 6.07 Å². The molecular weight excluding hydrogens is 286 g/mol. The largest absolute Gasteiger partial charge is 0.492 e. The van der Waals surface area contributed by atoms with Crippen molar-refractivity contribution in [2.75, 3.05) is 24.6 Å². The van der Waals surface area contributed by atoms with Crippen LogP contribution >= 0.6 is 0 Å². The number of anilines is 1. The van der Waals surface area contributed by atoms with Crippen molar-refractivity contribution < 1.29 is 13.5 Å². The molecule has 0 radical (unpaired) electrons. The zero-order valence-corrected chi connectivity index (χ0v) is 12.2. The second-order valence-electron chi connectivity index (χ2n) is 4.67.